The fourth-order valence-corrected chi connectivity index (χ4v) is 4.15. The molecule has 0 unspecified atom stereocenters. The average molecular weight is 389 g/mol. The number of nitrogens with zero attached hydrogens (tertiary/aromatic N) is 1. The number of anilines is 2. The number of para-hydroxylation sites is 1. The van der Waals surface area contributed by atoms with E-state index in [9.17, 15) is 13.2 Å². The van der Waals surface area contributed by atoms with E-state index in [0.717, 1.165) is 33.2 Å². The van der Waals surface area contributed by atoms with Crippen LogP contribution < -0.4 is 9.62 Å². The molecule has 1 amide bonds. The molecule has 0 saturated carbocycles. The van der Waals surface area contributed by atoms with Gasteiger partial charge in [-0.25, -0.2) is 8.42 Å². The highest BCUT2D eigenvalue weighted by Gasteiger charge is 2.16. The van der Waals surface area contributed by atoms with E-state index >= 15 is 0 Å². The summed E-state index contributed by atoms with van der Waals surface area (Å²) in [5, 5.41) is 3.82. The Bertz CT molecular complexity index is 1080. The summed E-state index contributed by atoms with van der Waals surface area (Å²) in [6.07, 6.45) is 1.16. The quantitative estimate of drug-likeness (QED) is 0.730. The molecule has 7 heteroatoms. The van der Waals surface area contributed by atoms with Crippen molar-refractivity contribution in [3.05, 3.63) is 58.5 Å². The lowest BCUT2D eigenvalue weighted by Gasteiger charge is -2.16. The summed E-state index contributed by atoms with van der Waals surface area (Å²) in [4.78, 5) is 13.2. The topological polar surface area (TPSA) is 66.5 Å². The third-order valence-corrected chi connectivity index (χ3v) is 6.63. The number of hydrogen-bond acceptors (Lipinski definition) is 4. The Morgan fingerprint density at radius 2 is 1.73 bits per heavy atom. The number of nitrogens with one attached hydrogen (secondary N) is 1. The maximum atomic E-state index is 12.7. The summed E-state index contributed by atoms with van der Waals surface area (Å²) in [5.41, 5.74) is 3.42. The van der Waals surface area contributed by atoms with Crippen LogP contribution in [0, 0.1) is 13.8 Å². The zero-order valence-electron chi connectivity index (χ0n) is 15.0. The second-order valence-corrected chi connectivity index (χ2v) is 9.38. The van der Waals surface area contributed by atoms with E-state index in [2.05, 4.69) is 5.32 Å². The monoisotopic (exact) mass is 388 g/mol. The van der Waals surface area contributed by atoms with Crippen molar-refractivity contribution in [2.75, 3.05) is 22.9 Å². The number of fused-ring (bicyclic) bond motifs is 1. The number of amides is 1. The molecule has 0 atom stereocenters. The molecule has 0 fully saturated rings. The van der Waals surface area contributed by atoms with Gasteiger partial charge >= 0.3 is 0 Å². The maximum Gasteiger partial charge on any atom is 0.265 e. The number of sulfonamides is 1. The minimum atomic E-state index is -3.33. The molecule has 1 aromatic heterocycles. The van der Waals surface area contributed by atoms with E-state index in [1.807, 2.05) is 38.1 Å². The smallest absolute Gasteiger partial charge is 0.265 e. The molecular formula is C19H20N2O3S2. The molecule has 1 N–H and O–H groups in total. The van der Waals surface area contributed by atoms with Crippen LogP contribution in [0.5, 0.6) is 0 Å². The van der Waals surface area contributed by atoms with Gasteiger partial charge in [0, 0.05) is 17.4 Å². The molecule has 136 valence electrons. The third kappa shape index (κ3) is 3.59. The van der Waals surface area contributed by atoms with Gasteiger partial charge in [-0.2, -0.15) is 0 Å². The molecule has 5 nitrogen and oxygen atoms in total. The van der Waals surface area contributed by atoms with Crippen molar-refractivity contribution >= 4 is 48.7 Å². The second-order valence-electron chi connectivity index (χ2n) is 6.28. The Kier molecular flexibility index (Phi) is 4.77. The highest BCUT2D eigenvalue weighted by molar-refractivity contribution is 7.92. The first-order valence-electron chi connectivity index (χ1n) is 8.02. The molecule has 0 spiro atoms. The van der Waals surface area contributed by atoms with E-state index in [0.29, 0.717) is 10.6 Å². The van der Waals surface area contributed by atoms with Gasteiger partial charge in [0.05, 0.1) is 16.8 Å². The summed E-state index contributed by atoms with van der Waals surface area (Å²) >= 11 is 1.38. The minimum Gasteiger partial charge on any atom is -0.321 e. The maximum absolute atomic E-state index is 12.7. The van der Waals surface area contributed by atoms with Gasteiger partial charge in [0.1, 0.15) is 0 Å². The molecular weight excluding hydrogens is 368 g/mol. The van der Waals surface area contributed by atoms with Crippen LogP contribution in [-0.4, -0.2) is 27.6 Å². The Balaban J connectivity index is 1.93. The van der Waals surface area contributed by atoms with Crippen LogP contribution in [0.15, 0.2) is 42.5 Å². The normalized spacial score (nSPS) is 11.5. The van der Waals surface area contributed by atoms with Crippen LogP contribution in [0.3, 0.4) is 0 Å². The van der Waals surface area contributed by atoms with Crippen LogP contribution in [0.4, 0.5) is 11.4 Å². The first kappa shape index (κ1) is 18.4. The predicted molar refractivity (Wildman–Crippen MR) is 109 cm³/mol. The van der Waals surface area contributed by atoms with Crippen molar-refractivity contribution in [1.29, 1.82) is 0 Å². The highest BCUT2D eigenvalue weighted by atomic mass is 32.2. The van der Waals surface area contributed by atoms with Gasteiger partial charge in [0.25, 0.3) is 5.91 Å². The van der Waals surface area contributed by atoms with Crippen LogP contribution in [0.2, 0.25) is 0 Å². The van der Waals surface area contributed by atoms with Crippen LogP contribution in [-0.2, 0) is 10.0 Å². The lowest BCUT2D eigenvalue weighted by Crippen LogP contribution is -2.24. The summed E-state index contributed by atoms with van der Waals surface area (Å²) in [5.74, 6) is -0.165. The Morgan fingerprint density at radius 1 is 1.08 bits per heavy atom. The van der Waals surface area contributed by atoms with Crippen LogP contribution in [0.1, 0.15) is 20.8 Å². The first-order chi connectivity index (χ1) is 12.2. The zero-order valence-corrected chi connectivity index (χ0v) is 16.7. The molecule has 3 aromatic rings. The molecule has 1 heterocycles. The Morgan fingerprint density at radius 3 is 2.35 bits per heavy atom. The molecule has 0 aliphatic carbocycles. The lowest BCUT2D eigenvalue weighted by atomic mass is 10.1. The van der Waals surface area contributed by atoms with Gasteiger partial charge in [-0.15, -0.1) is 11.3 Å². The number of carbonyl (C=O) groups is 1. The largest absolute Gasteiger partial charge is 0.321 e. The highest BCUT2D eigenvalue weighted by Crippen LogP contribution is 2.31. The fourth-order valence-electron chi connectivity index (χ4n) is 2.72. The van der Waals surface area contributed by atoms with Crippen molar-refractivity contribution in [1.82, 2.24) is 0 Å². The summed E-state index contributed by atoms with van der Waals surface area (Å²) in [6.45, 7) is 3.92. The van der Waals surface area contributed by atoms with E-state index in [-0.39, 0.29) is 5.91 Å². The van der Waals surface area contributed by atoms with Gasteiger partial charge in [0.2, 0.25) is 10.0 Å². The summed E-state index contributed by atoms with van der Waals surface area (Å²) in [6, 6.07) is 13.0. The van der Waals surface area contributed by atoms with E-state index in [4.69, 9.17) is 0 Å². The van der Waals surface area contributed by atoms with E-state index in [1.54, 1.807) is 18.2 Å². The van der Waals surface area contributed by atoms with Gasteiger partial charge < -0.3 is 5.32 Å². The standard InChI is InChI=1S/C19H20N2O3S2/c1-12-6-5-7-13(2)18(12)20-19(22)17-11-14-10-15(8-9-16(14)25-17)21(3)26(4,23)24/h5-11H,1-4H3,(H,20,22). The SMILES string of the molecule is Cc1cccc(C)c1NC(=O)c1cc2cc(N(C)S(C)(=O)=O)ccc2s1. The molecule has 0 radical (unpaired) electrons. The number of benzene rings is 2. The van der Waals surface area contributed by atoms with Gasteiger partial charge in [-0.05, 0) is 54.6 Å². The van der Waals surface area contributed by atoms with E-state index < -0.39 is 10.0 Å². The molecule has 26 heavy (non-hydrogen) atoms. The summed E-state index contributed by atoms with van der Waals surface area (Å²) in [7, 11) is -1.82. The van der Waals surface area contributed by atoms with Crippen molar-refractivity contribution in [2.24, 2.45) is 0 Å². The van der Waals surface area contributed by atoms with Crippen molar-refractivity contribution < 1.29 is 13.2 Å². The molecule has 0 saturated heterocycles. The van der Waals surface area contributed by atoms with Crippen LogP contribution in [0.25, 0.3) is 10.1 Å². The average Bonchev–Trinajstić information content (AvgIpc) is 3.00. The number of rotatable bonds is 4. The van der Waals surface area contributed by atoms with Crippen molar-refractivity contribution in [3.63, 3.8) is 0 Å². The van der Waals surface area contributed by atoms with Crippen molar-refractivity contribution in [2.45, 2.75) is 13.8 Å². The minimum absolute atomic E-state index is 0.165. The van der Waals surface area contributed by atoms with Gasteiger partial charge in [-0.1, -0.05) is 18.2 Å². The fraction of sp³-hybridized carbons (Fsp3) is 0.211. The van der Waals surface area contributed by atoms with Crippen molar-refractivity contribution in [3.8, 4) is 0 Å². The molecule has 2 aromatic carbocycles. The first-order valence-corrected chi connectivity index (χ1v) is 10.7. The molecule has 0 aliphatic heterocycles. The number of thiophene rings is 1. The predicted octanol–water partition coefficient (Wildman–Crippen LogP) is 4.17. The number of carbonyl (C=O) groups excluding carboxylic acids is 1. The van der Waals surface area contributed by atoms with Gasteiger partial charge in [0.15, 0.2) is 0 Å². The molecule has 3 rings (SSSR count). The number of hydrogen-bond donors (Lipinski definition) is 1. The zero-order chi connectivity index (χ0) is 19.1. The second kappa shape index (κ2) is 6.74. The molecule has 0 bridgehead atoms. The van der Waals surface area contributed by atoms with E-state index in [1.165, 1.54) is 22.7 Å². The summed E-state index contributed by atoms with van der Waals surface area (Å²) < 4.78 is 25.6. The van der Waals surface area contributed by atoms with Crippen LogP contribution >= 0.6 is 11.3 Å². The van der Waals surface area contributed by atoms with Gasteiger partial charge in [-0.3, -0.25) is 9.10 Å². The Hall–Kier alpha value is -2.38. The Labute approximate surface area is 157 Å². The third-order valence-electron chi connectivity index (χ3n) is 4.30. The lowest BCUT2D eigenvalue weighted by molar-refractivity contribution is 0.103. The number of aryl methyl sites for hydroxylation is 2. The molecule has 0 aliphatic rings.